The molecule has 0 atom stereocenters. The Morgan fingerprint density at radius 1 is 1.35 bits per heavy atom. The van der Waals surface area contributed by atoms with Gasteiger partial charge in [-0.15, -0.1) is 0 Å². The van der Waals surface area contributed by atoms with Crippen molar-refractivity contribution in [1.29, 1.82) is 0 Å². The molecule has 0 fully saturated rings. The minimum atomic E-state index is -0.555. The number of aromatic amines is 1. The first-order valence-electron chi connectivity index (χ1n) is 6.23. The van der Waals surface area contributed by atoms with Crippen LogP contribution in [0.2, 0.25) is 0 Å². The maximum absolute atomic E-state index is 11.8. The minimum Gasteiger partial charge on any atom is -0.383 e. The van der Waals surface area contributed by atoms with E-state index in [1.165, 1.54) is 11.7 Å². The standard InChI is InChI=1S/C12H22N4O4/c1-12(2,20-4)7-14-8-9(13)16(5-6-19-3)11(18)15-10(8)17/h14H,5-7,13H2,1-4H3,(H,15,17,18). The molecule has 1 aromatic heterocycles. The van der Waals surface area contributed by atoms with Crippen molar-refractivity contribution in [2.75, 3.05) is 38.4 Å². The molecule has 0 amide bonds. The molecule has 0 bridgehead atoms. The van der Waals surface area contributed by atoms with Gasteiger partial charge in [0.1, 0.15) is 11.5 Å². The van der Waals surface area contributed by atoms with Crippen LogP contribution in [0.3, 0.4) is 0 Å². The zero-order chi connectivity index (χ0) is 15.3. The number of aromatic nitrogens is 2. The van der Waals surface area contributed by atoms with Gasteiger partial charge in [-0.3, -0.25) is 14.3 Å². The van der Waals surface area contributed by atoms with Gasteiger partial charge in [-0.1, -0.05) is 0 Å². The number of anilines is 2. The van der Waals surface area contributed by atoms with E-state index in [2.05, 4.69) is 10.3 Å². The van der Waals surface area contributed by atoms with Crippen molar-refractivity contribution < 1.29 is 9.47 Å². The summed E-state index contributed by atoms with van der Waals surface area (Å²) in [6.07, 6.45) is 0. The van der Waals surface area contributed by atoms with Crippen molar-refractivity contribution in [1.82, 2.24) is 9.55 Å². The van der Waals surface area contributed by atoms with E-state index in [1.807, 2.05) is 13.8 Å². The van der Waals surface area contributed by atoms with Gasteiger partial charge in [0, 0.05) is 20.8 Å². The lowest BCUT2D eigenvalue weighted by Crippen LogP contribution is -2.38. The predicted octanol–water partition coefficient (Wildman–Crippen LogP) is -0.398. The lowest BCUT2D eigenvalue weighted by Gasteiger charge is -2.24. The zero-order valence-corrected chi connectivity index (χ0v) is 12.3. The second-order valence-electron chi connectivity index (χ2n) is 4.98. The molecule has 0 saturated heterocycles. The molecule has 1 aromatic rings. The summed E-state index contributed by atoms with van der Waals surface area (Å²) in [6.45, 7) is 4.69. The lowest BCUT2D eigenvalue weighted by atomic mass is 10.1. The average Bonchev–Trinajstić information content (AvgIpc) is 2.38. The second kappa shape index (κ2) is 6.58. The van der Waals surface area contributed by atoms with Crippen LogP contribution in [0.15, 0.2) is 9.59 Å². The van der Waals surface area contributed by atoms with Crippen molar-refractivity contribution in [3.63, 3.8) is 0 Å². The minimum absolute atomic E-state index is 0.0858. The Hall–Kier alpha value is -1.80. The highest BCUT2D eigenvalue weighted by atomic mass is 16.5. The van der Waals surface area contributed by atoms with Crippen LogP contribution in [-0.4, -0.2) is 42.5 Å². The molecule has 4 N–H and O–H groups in total. The summed E-state index contributed by atoms with van der Waals surface area (Å²) < 4.78 is 11.4. The Labute approximate surface area is 116 Å². The van der Waals surface area contributed by atoms with Crippen molar-refractivity contribution >= 4 is 11.5 Å². The van der Waals surface area contributed by atoms with E-state index in [4.69, 9.17) is 15.2 Å². The Morgan fingerprint density at radius 3 is 2.55 bits per heavy atom. The summed E-state index contributed by atoms with van der Waals surface area (Å²) in [4.78, 5) is 25.7. The molecule has 114 valence electrons. The van der Waals surface area contributed by atoms with Crippen LogP contribution in [0.1, 0.15) is 13.8 Å². The maximum atomic E-state index is 11.8. The van der Waals surface area contributed by atoms with Gasteiger partial charge < -0.3 is 20.5 Å². The number of H-pyrrole nitrogens is 1. The Balaban J connectivity index is 3.07. The van der Waals surface area contributed by atoms with Crippen LogP contribution in [0, 0.1) is 0 Å². The van der Waals surface area contributed by atoms with Gasteiger partial charge >= 0.3 is 5.69 Å². The van der Waals surface area contributed by atoms with Crippen molar-refractivity contribution in [2.45, 2.75) is 26.0 Å². The number of hydrogen-bond donors (Lipinski definition) is 3. The largest absolute Gasteiger partial charge is 0.383 e. The number of hydrogen-bond acceptors (Lipinski definition) is 6. The molecule has 0 aliphatic rings. The van der Waals surface area contributed by atoms with Crippen LogP contribution < -0.4 is 22.3 Å². The molecule has 0 spiro atoms. The van der Waals surface area contributed by atoms with Crippen molar-refractivity contribution in [2.24, 2.45) is 0 Å². The summed E-state index contributed by atoms with van der Waals surface area (Å²) in [6, 6.07) is 0. The summed E-state index contributed by atoms with van der Waals surface area (Å²) in [5, 5.41) is 2.92. The molecule has 0 aromatic carbocycles. The summed E-state index contributed by atoms with van der Waals surface area (Å²) in [5.74, 6) is 0.0858. The van der Waals surface area contributed by atoms with Gasteiger partial charge in [-0.25, -0.2) is 4.79 Å². The monoisotopic (exact) mass is 286 g/mol. The molecule has 8 nitrogen and oxygen atoms in total. The van der Waals surface area contributed by atoms with Gasteiger partial charge in [0.2, 0.25) is 0 Å². The Kier molecular flexibility index (Phi) is 5.34. The number of methoxy groups -OCH3 is 2. The number of nitrogens with zero attached hydrogens (tertiary/aromatic N) is 1. The summed E-state index contributed by atoms with van der Waals surface area (Å²) in [7, 11) is 3.10. The van der Waals surface area contributed by atoms with Gasteiger partial charge in [0.05, 0.1) is 18.8 Å². The van der Waals surface area contributed by atoms with Crippen LogP contribution in [0.25, 0.3) is 0 Å². The number of rotatable bonds is 7. The molecular formula is C12H22N4O4. The molecule has 20 heavy (non-hydrogen) atoms. The highest BCUT2D eigenvalue weighted by Gasteiger charge is 2.19. The first-order chi connectivity index (χ1) is 9.32. The van der Waals surface area contributed by atoms with Crippen LogP contribution in [0.5, 0.6) is 0 Å². The SMILES string of the molecule is COCCn1c(N)c(NCC(C)(C)OC)c(=O)[nH]c1=O. The van der Waals surface area contributed by atoms with E-state index in [-0.39, 0.29) is 18.1 Å². The first kappa shape index (κ1) is 16.3. The number of ether oxygens (including phenoxy) is 2. The molecule has 0 aliphatic carbocycles. The third-order valence-corrected chi connectivity index (χ3v) is 3.00. The normalized spacial score (nSPS) is 11.6. The van der Waals surface area contributed by atoms with Crippen LogP contribution in [0.4, 0.5) is 11.5 Å². The molecular weight excluding hydrogens is 264 g/mol. The number of nitrogens with one attached hydrogen (secondary N) is 2. The molecule has 1 heterocycles. The zero-order valence-electron chi connectivity index (χ0n) is 12.3. The van der Waals surface area contributed by atoms with Gasteiger partial charge in [-0.2, -0.15) is 0 Å². The molecule has 0 aliphatic heterocycles. The maximum Gasteiger partial charge on any atom is 0.330 e. The summed E-state index contributed by atoms with van der Waals surface area (Å²) in [5.41, 5.74) is 4.47. The van der Waals surface area contributed by atoms with Crippen molar-refractivity contribution in [3.05, 3.63) is 20.8 Å². The molecule has 0 saturated carbocycles. The van der Waals surface area contributed by atoms with Gasteiger partial charge in [0.25, 0.3) is 5.56 Å². The number of nitrogen functional groups attached to an aromatic ring is 1. The fourth-order valence-corrected chi connectivity index (χ4v) is 1.54. The number of nitrogens with two attached hydrogens (primary N) is 1. The average molecular weight is 286 g/mol. The molecule has 1 rings (SSSR count). The topological polar surface area (TPSA) is 111 Å². The van der Waals surface area contributed by atoms with E-state index >= 15 is 0 Å². The lowest BCUT2D eigenvalue weighted by molar-refractivity contribution is 0.0343. The van der Waals surface area contributed by atoms with Gasteiger partial charge in [-0.05, 0) is 13.8 Å². The van der Waals surface area contributed by atoms with E-state index in [9.17, 15) is 9.59 Å². The first-order valence-corrected chi connectivity index (χ1v) is 6.23. The Morgan fingerprint density at radius 2 is 2.00 bits per heavy atom. The molecule has 0 radical (unpaired) electrons. The molecule has 8 heteroatoms. The van der Waals surface area contributed by atoms with Crippen molar-refractivity contribution in [3.8, 4) is 0 Å². The highest BCUT2D eigenvalue weighted by molar-refractivity contribution is 5.60. The summed E-state index contributed by atoms with van der Waals surface area (Å²) >= 11 is 0. The third-order valence-electron chi connectivity index (χ3n) is 3.00. The fraction of sp³-hybridized carbons (Fsp3) is 0.667. The van der Waals surface area contributed by atoms with E-state index in [0.717, 1.165) is 0 Å². The van der Waals surface area contributed by atoms with E-state index in [1.54, 1.807) is 7.11 Å². The van der Waals surface area contributed by atoms with Crippen LogP contribution >= 0.6 is 0 Å². The van der Waals surface area contributed by atoms with Gasteiger partial charge in [0.15, 0.2) is 0 Å². The van der Waals surface area contributed by atoms with E-state index in [0.29, 0.717) is 13.2 Å². The third kappa shape index (κ3) is 3.84. The highest BCUT2D eigenvalue weighted by Crippen LogP contribution is 2.13. The second-order valence-corrected chi connectivity index (χ2v) is 4.98. The Bertz CT molecular complexity index is 562. The fourth-order valence-electron chi connectivity index (χ4n) is 1.54. The van der Waals surface area contributed by atoms with E-state index < -0.39 is 16.9 Å². The van der Waals surface area contributed by atoms with Crippen LogP contribution in [-0.2, 0) is 16.0 Å². The smallest absolute Gasteiger partial charge is 0.330 e. The molecule has 0 unspecified atom stereocenters. The predicted molar refractivity (Wildman–Crippen MR) is 77.2 cm³/mol. The quantitative estimate of drug-likeness (QED) is 0.629.